The zero-order valence-corrected chi connectivity index (χ0v) is 28.3. The third-order valence-corrected chi connectivity index (χ3v) is 10.1. The van der Waals surface area contributed by atoms with Gasteiger partial charge in [-0.1, -0.05) is 121 Å². The Labute approximate surface area is 301 Å². The van der Waals surface area contributed by atoms with Gasteiger partial charge in [0, 0.05) is 45.8 Å². The molecule has 0 atom stereocenters. The van der Waals surface area contributed by atoms with Crippen molar-refractivity contribution in [3.63, 3.8) is 0 Å². The molecule has 3 heteroatoms. The number of rotatable bonds is 6. The van der Waals surface area contributed by atoms with Crippen LogP contribution in [0.15, 0.2) is 199 Å². The summed E-state index contributed by atoms with van der Waals surface area (Å²) < 4.78 is 6.60. The quantitative estimate of drug-likeness (QED) is 0.177. The molecule has 8 aromatic carbocycles. The van der Waals surface area contributed by atoms with Gasteiger partial charge in [0.25, 0.3) is 0 Å². The summed E-state index contributed by atoms with van der Waals surface area (Å²) in [5.41, 5.74) is 11.9. The lowest BCUT2D eigenvalue weighted by Crippen LogP contribution is -2.09. The Morgan fingerprint density at radius 3 is 1.83 bits per heavy atom. The van der Waals surface area contributed by atoms with Gasteiger partial charge >= 0.3 is 0 Å². The Morgan fingerprint density at radius 1 is 0.385 bits per heavy atom. The summed E-state index contributed by atoms with van der Waals surface area (Å²) in [6.07, 6.45) is 3.73. The summed E-state index contributed by atoms with van der Waals surface area (Å²) >= 11 is 0. The number of furan rings is 1. The Bertz CT molecular complexity index is 2880. The zero-order chi connectivity index (χ0) is 34.4. The SMILES string of the molecule is c1ccc(N(c2ccc(-c3ccc4ccccc4c3)cc2)c2ccc(-c3cc4oc5cccc(-c6cccnc6)c5c4c4ccccc34)cc2)cc1. The molecule has 10 rings (SSSR count). The van der Waals surface area contributed by atoms with Crippen molar-refractivity contribution >= 4 is 60.5 Å². The van der Waals surface area contributed by atoms with Gasteiger partial charge in [-0.15, -0.1) is 0 Å². The lowest BCUT2D eigenvalue weighted by molar-refractivity contribution is 0.669. The van der Waals surface area contributed by atoms with Crippen LogP contribution in [0.4, 0.5) is 17.1 Å². The first-order valence-corrected chi connectivity index (χ1v) is 17.6. The fraction of sp³-hybridized carbons (Fsp3) is 0. The third kappa shape index (κ3) is 5.10. The molecule has 2 heterocycles. The lowest BCUT2D eigenvalue weighted by Gasteiger charge is -2.26. The zero-order valence-electron chi connectivity index (χ0n) is 28.3. The second-order valence-electron chi connectivity index (χ2n) is 13.2. The van der Waals surface area contributed by atoms with E-state index in [0.717, 1.165) is 61.3 Å². The molecule has 2 aromatic heterocycles. The summed E-state index contributed by atoms with van der Waals surface area (Å²) in [6.45, 7) is 0. The third-order valence-electron chi connectivity index (χ3n) is 10.1. The van der Waals surface area contributed by atoms with Gasteiger partial charge in [-0.25, -0.2) is 0 Å². The van der Waals surface area contributed by atoms with Crippen molar-refractivity contribution in [3.8, 4) is 33.4 Å². The van der Waals surface area contributed by atoms with Gasteiger partial charge in [0.1, 0.15) is 11.2 Å². The first-order valence-electron chi connectivity index (χ1n) is 17.6. The predicted octanol–water partition coefficient (Wildman–Crippen LogP) is 13.8. The number of benzene rings is 8. The first kappa shape index (κ1) is 29.9. The predicted molar refractivity (Wildman–Crippen MR) is 218 cm³/mol. The Balaban J connectivity index is 1.06. The van der Waals surface area contributed by atoms with Crippen LogP contribution in [0.2, 0.25) is 0 Å². The highest BCUT2D eigenvalue weighted by Crippen LogP contribution is 2.44. The molecule has 0 N–H and O–H groups in total. The molecule has 52 heavy (non-hydrogen) atoms. The normalized spacial score (nSPS) is 11.5. The van der Waals surface area contributed by atoms with Crippen LogP contribution < -0.4 is 4.90 Å². The van der Waals surface area contributed by atoms with Gasteiger partial charge in [-0.2, -0.15) is 0 Å². The van der Waals surface area contributed by atoms with Crippen LogP contribution >= 0.6 is 0 Å². The molecule has 0 aliphatic heterocycles. The van der Waals surface area contributed by atoms with Crippen molar-refractivity contribution in [3.05, 3.63) is 194 Å². The molecule has 0 saturated heterocycles. The second kappa shape index (κ2) is 12.4. The minimum absolute atomic E-state index is 0.874. The van der Waals surface area contributed by atoms with Crippen molar-refractivity contribution in [2.24, 2.45) is 0 Å². The molecule has 0 fully saturated rings. The van der Waals surface area contributed by atoms with E-state index in [1.807, 2.05) is 18.5 Å². The second-order valence-corrected chi connectivity index (χ2v) is 13.2. The molecule has 244 valence electrons. The number of hydrogen-bond donors (Lipinski definition) is 0. The van der Waals surface area contributed by atoms with Crippen LogP contribution in [0, 0.1) is 0 Å². The van der Waals surface area contributed by atoms with Gasteiger partial charge in [-0.3, -0.25) is 4.98 Å². The van der Waals surface area contributed by atoms with Crippen molar-refractivity contribution in [1.29, 1.82) is 0 Å². The molecular weight excluding hydrogens is 633 g/mol. The van der Waals surface area contributed by atoms with Crippen LogP contribution in [-0.2, 0) is 0 Å². The number of fused-ring (bicyclic) bond motifs is 6. The van der Waals surface area contributed by atoms with E-state index in [-0.39, 0.29) is 0 Å². The summed E-state index contributed by atoms with van der Waals surface area (Å²) in [5, 5.41) is 7.11. The van der Waals surface area contributed by atoms with Gasteiger partial charge in [0.2, 0.25) is 0 Å². The molecule has 3 nitrogen and oxygen atoms in total. The largest absolute Gasteiger partial charge is 0.456 e. The van der Waals surface area contributed by atoms with E-state index in [0.29, 0.717) is 0 Å². The van der Waals surface area contributed by atoms with Gasteiger partial charge in [0.15, 0.2) is 0 Å². The van der Waals surface area contributed by atoms with E-state index in [4.69, 9.17) is 4.42 Å². The fourth-order valence-corrected chi connectivity index (χ4v) is 7.67. The van der Waals surface area contributed by atoms with E-state index in [9.17, 15) is 0 Å². The number of nitrogens with zero attached hydrogens (tertiary/aromatic N) is 2. The molecule has 0 unspecified atom stereocenters. The highest BCUT2D eigenvalue weighted by Gasteiger charge is 2.19. The van der Waals surface area contributed by atoms with Crippen LogP contribution in [-0.4, -0.2) is 4.98 Å². The minimum atomic E-state index is 0.874. The molecule has 0 aliphatic rings. The van der Waals surface area contributed by atoms with Crippen LogP contribution in [0.25, 0.3) is 76.9 Å². The van der Waals surface area contributed by atoms with E-state index in [2.05, 4.69) is 186 Å². The minimum Gasteiger partial charge on any atom is -0.456 e. The molecular formula is C49H32N2O. The van der Waals surface area contributed by atoms with Crippen LogP contribution in [0.1, 0.15) is 0 Å². The molecule has 0 amide bonds. The maximum atomic E-state index is 6.60. The summed E-state index contributed by atoms with van der Waals surface area (Å²) in [6, 6.07) is 64.8. The molecule has 0 spiro atoms. The van der Waals surface area contributed by atoms with E-state index >= 15 is 0 Å². The smallest absolute Gasteiger partial charge is 0.136 e. The number of aromatic nitrogens is 1. The van der Waals surface area contributed by atoms with Gasteiger partial charge < -0.3 is 9.32 Å². The average Bonchev–Trinajstić information content (AvgIpc) is 3.61. The maximum absolute atomic E-state index is 6.60. The molecule has 0 saturated carbocycles. The van der Waals surface area contributed by atoms with Crippen LogP contribution in [0.3, 0.4) is 0 Å². The van der Waals surface area contributed by atoms with Crippen LogP contribution in [0.5, 0.6) is 0 Å². The fourth-order valence-electron chi connectivity index (χ4n) is 7.67. The van der Waals surface area contributed by atoms with E-state index in [1.54, 1.807) is 0 Å². The molecule has 0 aliphatic carbocycles. The highest BCUT2D eigenvalue weighted by atomic mass is 16.3. The number of hydrogen-bond acceptors (Lipinski definition) is 3. The number of pyridine rings is 1. The van der Waals surface area contributed by atoms with Crippen molar-refractivity contribution < 1.29 is 4.42 Å². The van der Waals surface area contributed by atoms with Gasteiger partial charge in [-0.05, 0) is 110 Å². The maximum Gasteiger partial charge on any atom is 0.136 e. The van der Waals surface area contributed by atoms with E-state index in [1.165, 1.54) is 32.7 Å². The molecule has 0 radical (unpaired) electrons. The molecule has 10 aromatic rings. The topological polar surface area (TPSA) is 29.3 Å². The van der Waals surface area contributed by atoms with Crippen molar-refractivity contribution in [2.45, 2.75) is 0 Å². The standard InChI is InChI=1S/C49H32N2O/c1-2-13-39(14-3-1)51(40-25-21-34(22-26-40)37-20-19-33-10-4-5-11-36(33)30-37)41-27-23-35(24-28-41)45-31-47-49(44-16-7-6-15-43(44)45)48-42(17-8-18-46(48)52-47)38-12-9-29-50-32-38/h1-32H. The van der Waals surface area contributed by atoms with Crippen molar-refractivity contribution in [1.82, 2.24) is 4.98 Å². The lowest BCUT2D eigenvalue weighted by atomic mass is 9.93. The monoisotopic (exact) mass is 664 g/mol. The highest BCUT2D eigenvalue weighted by molar-refractivity contribution is 6.25. The Morgan fingerprint density at radius 2 is 1.06 bits per heavy atom. The van der Waals surface area contributed by atoms with Gasteiger partial charge in [0.05, 0.1) is 0 Å². The first-order chi connectivity index (χ1) is 25.8. The average molecular weight is 665 g/mol. The summed E-state index contributed by atoms with van der Waals surface area (Å²) in [4.78, 5) is 6.71. The number of para-hydroxylation sites is 1. The number of anilines is 3. The summed E-state index contributed by atoms with van der Waals surface area (Å²) in [7, 11) is 0. The molecule has 0 bridgehead atoms. The summed E-state index contributed by atoms with van der Waals surface area (Å²) in [5.74, 6) is 0. The van der Waals surface area contributed by atoms with Crippen molar-refractivity contribution in [2.75, 3.05) is 4.90 Å². The Kier molecular flexibility index (Phi) is 7.14. The van der Waals surface area contributed by atoms with E-state index < -0.39 is 0 Å². The Hall–Kier alpha value is -6.97.